The predicted molar refractivity (Wildman–Crippen MR) is 116 cm³/mol. The number of carbonyl (C=O) groups excluding carboxylic acids is 2. The van der Waals surface area contributed by atoms with Gasteiger partial charge in [0.15, 0.2) is 0 Å². The van der Waals surface area contributed by atoms with E-state index in [9.17, 15) is 14.7 Å². The Labute approximate surface area is 175 Å². The molecule has 1 aromatic carbocycles. The van der Waals surface area contributed by atoms with Gasteiger partial charge in [0, 0.05) is 12.8 Å². The topological polar surface area (TPSA) is 63.6 Å². The summed E-state index contributed by atoms with van der Waals surface area (Å²) in [5.74, 6) is 0.0868. The SMILES string of the molecule is CCCCC[C@H](O)/C=C/[C@@]1(Cc2ccccc2CCCC(=O)OC)CCCC1=O. The number of benzene rings is 1. The highest BCUT2D eigenvalue weighted by Crippen LogP contribution is 2.40. The minimum atomic E-state index is -0.510. The van der Waals surface area contributed by atoms with E-state index in [0.717, 1.165) is 56.9 Å². The first-order valence-electron chi connectivity index (χ1n) is 11.0. The van der Waals surface area contributed by atoms with Gasteiger partial charge in [-0.2, -0.15) is 0 Å². The number of esters is 1. The lowest BCUT2D eigenvalue weighted by Crippen LogP contribution is -2.27. The van der Waals surface area contributed by atoms with Gasteiger partial charge in [-0.15, -0.1) is 0 Å². The maximum atomic E-state index is 12.8. The molecule has 1 aliphatic carbocycles. The Hall–Kier alpha value is -1.94. The number of aliphatic hydroxyl groups is 1. The summed E-state index contributed by atoms with van der Waals surface area (Å²) in [4.78, 5) is 24.2. The van der Waals surface area contributed by atoms with E-state index in [4.69, 9.17) is 4.74 Å². The van der Waals surface area contributed by atoms with Crippen LogP contribution < -0.4 is 0 Å². The van der Waals surface area contributed by atoms with Crippen LogP contribution >= 0.6 is 0 Å². The molecule has 2 atom stereocenters. The number of aliphatic hydroxyl groups excluding tert-OH is 1. The van der Waals surface area contributed by atoms with Crippen LogP contribution in [0, 0.1) is 5.41 Å². The molecule has 4 heteroatoms. The van der Waals surface area contributed by atoms with E-state index < -0.39 is 11.5 Å². The van der Waals surface area contributed by atoms with Gasteiger partial charge in [0.05, 0.1) is 18.6 Å². The Bertz CT molecular complexity index is 694. The molecule has 0 radical (unpaired) electrons. The van der Waals surface area contributed by atoms with Crippen molar-refractivity contribution < 1.29 is 19.4 Å². The molecule has 29 heavy (non-hydrogen) atoms. The number of hydrogen-bond donors (Lipinski definition) is 1. The van der Waals surface area contributed by atoms with E-state index in [1.54, 1.807) is 0 Å². The predicted octanol–water partition coefficient (Wildman–Crippen LogP) is 4.96. The van der Waals surface area contributed by atoms with Crippen LogP contribution in [0.5, 0.6) is 0 Å². The normalized spacial score (nSPS) is 20.3. The molecule has 0 unspecified atom stereocenters. The zero-order valence-corrected chi connectivity index (χ0v) is 18.0. The second-order valence-electron chi connectivity index (χ2n) is 8.23. The summed E-state index contributed by atoms with van der Waals surface area (Å²) in [5, 5.41) is 10.3. The summed E-state index contributed by atoms with van der Waals surface area (Å²) in [6.45, 7) is 2.15. The molecule has 160 valence electrons. The van der Waals surface area contributed by atoms with Crippen molar-refractivity contribution in [3.63, 3.8) is 0 Å². The third kappa shape index (κ3) is 7.11. The fourth-order valence-corrected chi connectivity index (χ4v) is 4.21. The summed E-state index contributed by atoms with van der Waals surface area (Å²) in [6, 6.07) is 8.19. The third-order valence-corrected chi connectivity index (χ3v) is 6.00. The number of ketones is 1. The van der Waals surface area contributed by atoms with Crippen LogP contribution in [0.1, 0.15) is 75.8 Å². The molecule has 1 saturated carbocycles. The average molecular weight is 401 g/mol. The van der Waals surface area contributed by atoms with E-state index in [1.807, 2.05) is 24.3 Å². The quantitative estimate of drug-likeness (QED) is 0.306. The van der Waals surface area contributed by atoms with Crippen LogP contribution in [-0.2, 0) is 27.2 Å². The van der Waals surface area contributed by atoms with Crippen molar-refractivity contribution >= 4 is 11.8 Å². The van der Waals surface area contributed by atoms with Gasteiger partial charge in [0.1, 0.15) is 5.78 Å². The summed E-state index contributed by atoms with van der Waals surface area (Å²) in [5.41, 5.74) is 1.84. The molecule has 1 aromatic rings. The molecule has 0 bridgehead atoms. The fourth-order valence-electron chi connectivity index (χ4n) is 4.21. The van der Waals surface area contributed by atoms with Gasteiger partial charge in [-0.1, -0.05) is 62.6 Å². The number of allylic oxidation sites excluding steroid dienone is 1. The molecule has 0 saturated heterocycles. The number of unbranched alkanes of at least 4 members (excludes halogenated alkanes) is 2. The molecule has 2 rings (SSSR count). The van der Waals surface area contributed by atoms with Gasteiger partial charge in [-0.3, -0.25) is 9.59 Å². The second kappa shape index (κ2) is 11.9. The van der Waals surface area contributed by atoms with Crippen molar-refractivity contribution in [2.75, 3.05) is 7.11 Å². The number of hydrogen-bond acceptors (Lipinski definition) is 4. The molecular weight excluding hydrogens is 364 g/mol. The lowest BCUT2D eigenvalue weighted by molar-refractivity contribution is -0.140. The summed E-state index contributed by atoms with van der Waals surface area (Å²) < 4.78 is 4.73. The van der Waals surface area contributed by atoms with Crippen molar-refractivity contribution in [3.05, 3.63) is 47.5 Å². The second-order valence-corrected chi connectivity index (χ2v) is 8.23. The van der Waals surface area contributed by atoms with Crippen LogP contribution in [0.3, 0.4) is 0 Å². The molecule has 0 aliphatic heterocycles. The Morgan fingerprint density at radius 2 is 2.00 bits per heavy atom. The van der Waals surface area contributed by atoms with Crippen LogP contribution in [-0.4, -0.2) is 30.1 Å². The number of rotatable bonds is 12. The molecule has 0 spiro atoms. The van der Waals surface area contributed by atoms with E-state index in [2.05, 4.69) is 19.1 Å². The number of aryl methyl sites for hydroxylation is 1. The molecule has 4 nitrogen and oxygen atoms in total. The van der Waals surface area contributed by atoms with Crippen molar-refractivity contribution in [1.29, 1.82) is 0 Å². The van der Waals surface area contributed by atoms with E-state index >= 15 is 0 Å². The minimum Gasteiger partial charge on any atom is -0.469 e. The molecule has 0 heterocycles. The van der Waals surface area contributed by atoms with Crippen molar-refractivity contribution in [3.8, 4) is 0 Å². The summed E-state index contributed by atoms with van der Waals surface area (Å²) in [7, 11) is 1.41. The van der Waals surface area contributed by atoms with Gasteiger partial charge < -0.3 is 9.84 Å². The first-order valence-corrected chi connectivity index (χ1v) is 11.0. The smallest absolute Gasteiger partial charge is 0.305 e. The lowest BCUT2D eigenvalue weighted by Gasteiger charge is -2.25. The lowest BCUT2D eigenvalue weighted by atomic mass is 9.77. The summed E-state index contributed by atoms with van der Waals surface area (Å²) >= 11 is 0. The number of Topliss-reactive ketones (excluding diaryl/α,β-unsaturated/α-hetero) is 1. The van der Waals surface area contributed by atoms with Crippen LogP contribution in [0.15, 0.2) is 36.4 Å². The maximum absolute atomic E-state index is 12.8. The van der Waals surface area contributed by atoms with Gasteiger partial charge in [0.2, 0.25) is 0 Å². The zero-order chi connectivity index (χ0) is 21.1. The fraction of sp³-hybridized carbons (Fsp3) is 0.600. The first kappa shape index (κ1) is 23.3. The van der Waals surface area contributed by atoms with Gasteiger partial charge in [-0.25, -0.2) is 0 Å². The van der Waals surface area contributed by atoms with Crippen molar-refractivity contribution in [2.45, 2.75) is 83.7 Å². The van der Waals surface area contributed by atoms with E-state index in [1.165, 1.54) is 12.7 Å². The standard InChI is InChI=1S/C25H36O4/c1-3-4-5-13-22(26)16-18-25(17-9-14-23(25)27)19-21-11-7-6-10-20(21)12-8-15-24(28)29-2/h6-7,10-11,16,18,22,26H,3-5,8-9,12-15,17,19H2,1-2H3/b18-16+/t22-,25+/m0/s1. The number of methoxy groups -OCH3 is 1. The van der Waals surface area contributed by atoms with Crippen molar-refractivity contribution in [1.82, 2.24) is 0 Å². The van der Waals surface area contributed by atoms with Gasteiger partial charge in [-0.05, 0) is 49.7 Å². The zero-order valence-electron chi connectivity index (χ0n) is 18.0. The maximum Gasteiger partial charge on any atom is 0.305 e. The summed E-state index contributed by atoms with van der Waals surface area (Å²) in [6.07, 6.45) is 12.3. The Balaban J connectivity index is 2.10. The van der Waals surface area contributed by atoms with Gasteiger partial charge in [0.25, 0.3) is 0 Å². The van der Waals surface area contributed by atoms with Crippen LogP contribution in [0.25, 0.3) is 0 Å². The molecule has 1 aliphatic rings. The Kier molecular flexibility index (Phi) is 9.59. The van der Waals surface area contributed by atoms with E-state index in [-0.39, 0.29) is 11.8 Å². The third-order valence-electron chi connectivity index (χ3n) is 6.00. The molecular formula is C25H36O4. The van der Waals surface area contributed by atoms with Crippen molar-refractivity contribution in [2.24, 2.45) is 5.41 Å². The first-order chi connectivity index (χ1) is 14.0. The van der Waals surface area contributed by atoms with Crippen LogP contribution in [0.4, 0.5) is 0 Å². The Morgan fingerprint density at radius 3 is 2.66 bits per heavy atom. The monoisotopic (exact) mass is 400 g/mol. The van der Waals surface area contributed by atoms with E-state index in [0.29, 0.717) is 19.3 Å². The largest absolute Gasteiger partial charge is 0.469 e. The highest BCUT2D eigenvalue weighted by molar-refractivity contribution is 5.89. The molecule has 1 N–H and O–H groups in total. The Morgan fingerprint density at radius 1 is 1.24 bits per heavy atom. The molecule has 0 amide bonds. The minimum absolute atomic E-state index is 0.190. The number of carbonyl (C=O) groups is 2. The molecule has 0 aromatic heterocycles. The van der Waals surface area contributed by atoms with Crippen LogP contribution in [0.2, 0.25) is 0 Å². The average Bonchev–Trinajstić information content (AvgIpc) is 3.08. The highest BCUT2D eigenvalue weighted by atomic mass is 16.5. The molecule has 1 fully saturated rings. The number of ether oxygens (including phenoxy) is 1. The highest BCUT2D eigenvalue weighted by Gasteiger charge is 2.40. The van der Waals surface area contributed by atoms with Gasteiger partial charge >= 0.3 is 5.97 Å².